The van der Waals surface area contributed by atoms with Gasteiger partial charge in [0.05, 0.1) is 9.85 Å². The van der Waals surface area contributed by atoms with Crippen LogP contribution in [0.3, 0.4) is 0 Å². The number of benzene rings is 1. The fourth-order valence-electron chi connectivity index (χ4n) is 4.05. The van der Waals surface area contributed by atoms with E-state index < -0.39 is 68.2 Å². The molecule has 1 heterocycles. The summed E-state index contributed by atoms with van der Waals surface area (Å²) in [6, 6.07) is -1.27. The van der Waals surface area contributed by atoms with Gasteiger partial charge in [0.15, 0.2) is 5.75 Å². The van der Waals surface area contributed by atoms with Crippen LogP contribution < -0.4 is 10.2 Å². The van der Waals surface area contributed by atoms with E-state index in [0.717, 1.165) is 4.90 Å². The first-order valence-corrected chi connectivity index (χ1v) is 12.1. The van der Waals surface area contributed by atoms with Gasteiger partial charge in [0.2, 0.25) is 5.91 Å². The molecule has 14 heteroatoms. The van der Waals surface area contributed by atoms with Crippen LogP contribution in [0.4, 0.5) is 21.9 Å². The van der Waals surface area contributed by atoms with E-state index in [9.17, 15) is 39.7 Å². The molecule has 2 amide bonds. The van der Waals surface area contributed by atoms with Gasteiger partial charge in [0.1, 0.15) is 29.0 Å². The number of nitrogens with zero attached hydrogens (tertiary/aromatic N) is 3. The Kier molecular flexibility index (Phi) is 8.91. The Hall–Kier alpha value is -3.97. The molecule has 2 rings (SSSR count). The first-order chi connectivity index (χ1) is 17.4. The second-order valence-corrected chi connectivity index (χ2v) is 10.9. The zero-order chi connectivity index (χ0) is 29.2. The predicted octanol–water partition coefficient (Wildman–Crippen LogP) is 3.89. The molecule has 1 unspecified atom stereocenters. The van der Waals surface area contributed by atoms with E-state index in [1.54, 1.807) is 48.5 Å². The summed E-state index contributed by atoms with van der Waals surface area (Å²) in [5.41, 5.74) is -3.54. The zero-order valence-electron chi connectivity index (χ0n) is 22.5. The number of esters is 1. The van der Waals surface area contributed by atoms with Crippen molar-refractivity contribution >= 4 is 35.0 Å². The lowest BCUT2D eigenvalue weighted by Gasteiger charge is -2.27. The Labute approximate surface area is 219 Å². The van der Waals surface area contributed by atoms with Crippen molar-refractivity contribution in [1.29, 1.82) is 0 Å². The molecule has 0 fully saturated rings. The van der Waals surface area contributed by atoms with Crippen molar-refractivity contribution in [3.63, 3.8) is 0 Å². The maximum absolute atomic E-state index is 13.4. The number of amides is 2. The van der Waals surface area contributed by atoms with Crippen molar-refractivity contribution < 1.29 is 38.8 Å². The number of phenolic OH excluding ortho intramolecular Hbond substituents is 1. The van der Waals surface area contributed by atoms with Crippen LogP contribution in [0.1, 0.15) is 73.3 Å². The summed E-state index contributed by atoms with van der Waals surface area (Å²) in [5, 5.41) is 36.0. The third kappa shape index (κ3) is 7.29. The van der Waals surface area contributed by atoms with Crippen molar-refractivity contribution in [1.82, 2.24) is 5.32 Å². The molecule has 210 valence electrons. The summed E-state index contributed by atoms with van der Waals surface area (Å²) in [7, 11) is 0. The summed E-state index contributed by atoms with van der Waals surface area (Å²) >= 11 is 0. The molecular weight excluding hydrogens is 504 g/mol. The van der Waals surface area contributed by atoms with Gasteiger partial charge in [-0.2, -0.15) is 0 Å². The predicted molar refractivity (Wildman–Crippen MR) is 135 cm³/mol. The van der Waals surface area contributed by atoms with E-state index in [2.05, 4.69) is 5.32 Å². The molecule has 1 aliphatic rings. The SMILES string of the molecule is CCC1Cc2c(O)c([N+](=O)[O-])cc([N+](=O)[O-])c2N1C(=O)CC[C@H](NC(=O)OC(C)(C)C)C(=O)OC(C)(C)C. The molecular formula is C24H34N4O10. The number of carbonyl (C=O) groups excluding carboxylic acids is 3. The van der Waals surface area contributed by atoms with Crippen LogP contribution in [-0.2, 0) is 25.5 Å². The number of anilines is 1. The molecule has 1 aromatic carbocycles. The number of nitro benzene ring substituents is 2. The second kappa shape index (κ2) is 11.2. The Balaban J connectivity index is 2.39. The number of aromatic hydroxyl groups is 1. The highest BCUT2D eigenvalue weighted by Gasteiger charge is 2.43. The summed E-state index contributed by atoms with van der Waals surface area (Å²) in [4.78, 5) is 61.0. The van der Waals surface area contributed by atoms with Gasteiger partial charge in [-0.1, -0.05) is 6.92 Å². The van der Waals surface area contributed by atoms with Crippen molar-refractivity contribution in [2.75, 3.05) is 4.90 Å². The number of rotatable bonds is 8. The molecule has 2 N–H and O–H groups in total. The first-order valence-electron chi connectivity index (χ1n) is 12.1. The lowest BCUT2D eigenvalue weighted by molar-refractivity contribution is -0.394. The molecule has 0 aromatic heterocycles. The van der Waals surface area contributed by atoms with Crippen molar-refractivity contribution in [3.05, 3.63) is 31.9 Å². The topological polar surface area (TPSA) is 191 Å². The molecule has 1 aromatic rings. The molecule has 2 atom stereocenters. The summed E-state index contributed by atoms with van der Waals surface area (Å²) in [6.07, 6.45) is -1.16. The average Bonchev–Trinajstić information content (AvgIpc) is 3.14. The normalized spacial score (nSPS) is 15.9. The van der Waals surface area contributed by atoms with Crippen LogP contribution in [0, 0.1) is 20.2 Å². The number of hydrogen-bond donors (Lipinski definition) is 2. The number of phenols is 1. The number of ether oxygens (including phenoxy) is 2. The standard InChI is InChI=1S/C24H34N4O10/c1-8-13-11-14-19(16(27(33)34)12-17(20(14)30)28(35)36)26(13)18(29)10-9-15(21(31)37-23(2,3)4)25-22(32)38-24(5,6)7/h12-13,15,30H,8-11H2,1-7H3,(H,25,32)/t13?,15-/m0/s1. The van der Waals surface area contributed by atoms with E-state index >= 15 is 0 Å². The molecule has 0 spiro atoms. The molecule has 0 saturated carbocycles. The minimum absolute atomic E-state index is 0.0302. The highest BCUT2D eigenvalue weighted by Crippen LogP contribution is 2.49. The van der Waals surface area contributed by atoms with Gasteiger partial charge in [0.25, 0.3) is 5.69 Å². The zero-order valence-corrected chi connectivity index (χ0v) is 22.5. The first kappa shape index (κ1) is 30.3. The Morgan fingerprint density at radius 2 is 1.63 bits per heavy atom. The van der Waals surface area contributed by atoms with E-state index in [-0.39, 0.29) is 30.5 Å². The average molecular weight is 539 g/mol. The highest BCUT2D eigenvalue weighted by atomic mass is 16.6. The van der Waals surface area contributed by atoms with E-state index in [1.807, 2.05) is 0 Å². The number of alkyl carbamates (subject to hydrolysis) is 1. The Morgan fingerprint density at radius 3 is 2.11 bits per heavy atom. The van der Waals surface area contributed by atoms with E-state index in [4.69, 9.17) is 9.47 Å². The summed E-state index contributed by atoms with van der Waals surface area (Å²) in [5.74, 6) is -2.17. The van der Waals surface area contributed by atoms with Crippen molar-refractivity contribution in [2.45, 2.75) is 97.4 Å². The van der Waals surface area contributed by atoms with E-state index in [0.29, 0.717) is 12.5 Å². The van der Waals surface area contributed by atoms with Crippen LogP contribution in [0.25, 0.3) is 0 Å². The van der Waals surface area contributed by atoms with Crippen molar-refractivity contribution in [3.8, 4) is 5.75 Å². The quantitative estimate of drug-likeness (QED) is 0.279. The number of carbonyl (C=O) groups is 3. The maximum Gasteiger partial charge on any atom is 0.408 e. The van der Waals surface area contributed by atoms with Crippen LogP contribution in [-0.4, -0.2) is 56.2 Å². The van der Waals surface area contributed by atoms with Gasteiger partial charge < -0.3 is 24.8 Å². The smallest absolute Gasteiger partial charge is 0.408 e. The highest BCUT2D eigenvalue weighted by molar-refractivity contribution is 6.00. The van der Waals surface area contributed by atoms with Gasteiger partial charge in [-0.3, -0.25) is 25.0 Å². The Morgan fingerprint density at radius 1 is 1.08 bits per heavy atom. The van der Waals surface area contributed by atoms with Crippen LogP contribution in [0.15, 0.2) is 6.07 Å². The van der Waals surface area contributed by atoms with Crippen LogP contribution >= 0.6 is 0 Å². The summed E-state index contributed by atoms with van der Waals surface area (Å²) in [6.45, 7) is 11.6. The van der Waals surface area contributed by atoms with Gasteiger partial charge in [-0.15, -0.1) is 0 Å². The lowest BCUT2D eigenvalue weighted by Crippen LogP contribution is -2.47. The molecule has 38 heavy (non-hydrogen) atoms. The third-order valence-electron chi connectivity index (χ3n) is 5.54. The summed E-state index contributed by atoms with van der Waals surface area (Å²) < 4.78 is 10.6. The monoisotopic (exact) mass is 538 g/mol. The molecule has 0 saturated heterocycles. The number of nitrogens with one attached hydrogen (secondary N) is 1. The van der Waals surface area contributed by atoms with Gasteiger partial charge >= 0.3 is 17.7 Å². The van der Waals surface area contributed by atoms with E-state index in [1.165, 1.54) is 0 Å². The largest absolute Gasteiger partial charge is 0.502 e. The lowest BCUT2D eigenvalue weighted by atomic mass is 10.1. The van der Waals surface area contributed by atoms with Crippen molar-refractivity contribution in [2.24, 2.45) is 0 Å². The van der Waals surface area contributed by atoms with Gasteiger partial charge in [0, 0.05) is 18.0 Å². The van der Waals surface area contributed by atoms with Gasteiger partial charge in [-0.25, -0.2) is 9.59 Å². The fourth-order valence-corrected chi connectivity index (χ4v) is 4.05. The minimum atomic E-state index is -1.27. The number of nitro groups is 2. The molecule has 14 nitrogen and oxygen atoms in total. The number of fused-ring (bicyclic) bond motifs is 1. The maximum atomic E-state index is 13.4. The fraction of sp³-hybridized carbons (Fsp3) is 0.625. The van der Waals surface area contributed by atoms with Crippen LogP contribution in [0.2, 0.25) is 0 Å². The second-order valence-electron chi connectivity index (χ2n) is 10.9. The molecule has 0 radical (unpaired) electrons. The Bertz CT molecular complexity index is 1140. The number of hydrogen-bond acceptors (Lipinski definition) is 10. The molecule has 0 bridgehead atoms. The minimum Gasteiger partial charge on any atom is -0.502 e. The molecule has 0 aliphatic carbocycles. The van der Waals surface area contributed by atoms with Crippen LogP contribution in [0.5, 0.6) is 5.75 Å². The molecule has 1 aliphatic heterocycles. The van der Waals surface area contributed by atoms with Gasteiger partial charge in [-0.05, 0) is 60.8 Å². The third-order valence-corrected chi connectivity index (χ3v) is 5.54.